The maximum atomic E-state index is 14.0. The van der Waals surface area contributed by atoms with Crippen LogP contribution in [0.1, 0.15) is 48.7 Å². The number of aliphatic hydroxyl groups is 1. The second-order valence-corrected chi connectivity index (χ2v) is 9.71. The molecule has 7 heteroatoms. The van der Waals surface area contributed by atoms with Crippen LogP contribution in [0.4, 0.5) is 10.1 Å². The Labute approximate surface area is 228 Å². The Hall–Kier alpha value is -4.23. The quantitative estimate of drug-likeness (QED) is 0.225. The minimum atomic E-state index is -0.928. The highest BCUT2D eigenvalue weighted by molar-refractivity contribution is 6.12. The van der Waals surface area contributed by atoms with Crippen LogP contribution in [-0.4, -0.2) is 34.8 Å². The van der Waals surface area contributed by atoms with Gasteiger partial charge in [-0.05, 0) is 59.9 Å². The normalized spacial score (nSPS) is 11.8. The van der Waals surface area contributed by atoms with Crippen LogP contribution in [0.15, 0.2) is 84.9 Å². The van der Waals surface area contributed by atoms with Crippen LogP contribution in [-0.2, 0) is 16.1 Å². The van der Waals surface area contributed by atoms with E-state index in [-0.39, 0.29) is 30.5 Å². The maximum Gasteiger partial charge on any atom is 0.308 e. The number of para-hydroxylation sites is 1. The van der Waals surface area contributed by atoms with Crippen molar-refractivity contribution in [2.75, 3.05) is 12.4 Å². The van der Waals surface area contributed by atoms with Crippen molar-refractivity contribution >= 4 is 17.6 Å². The van der Waals surface area contributed by atoms with E-state index in [0.717, 1.165) is 28.1 Å². The maximum absolute atomic E-state index is 14.0. The van der Waals surface area contributed by atoms with Gasteiger partial charge in [0.2, 0.25) is 0 Å². The molecule has 4 aromatic rings. The molecule has 0 aliphatic carbocycles. The number of anilines is 1. The van der Waals surface area contributed by atoms with Crippen LogP contribution in [0.3, 0.4) is 0 Å². The number of carbonyl (C=O) groups excluding carboxylic acids is 2. The third kappa shape index (κ3) is 6.44. The SMILES string of the molecule is CO[14C](=O)C[C@H](O)CCn1c(-c2ccc(F)cc2)c(-c2ccccc2)c(C(=O)Nc2ccccc2)c1C(C)C. The molecule has 2 N–H and O–H groups in total. The summed E-state index contributed by atoms with van der Waals surface area (Å²) in [4.78, 5) is 25.8. The van der Waals surface area contributed by atoms with E-state index in [1.807, 2.05) is 79.1 Å². The number of methoxy groups -OCH3 is 1. The number of amides is 1. The van der Waals surface area contributed by atoms with Crippen molar-refractivity contribution in [1.29, 1.82) is 0 Å². The number of aliphatic hydroxyl groups excluding tert-OH is 1. The standard InChI is InChI=1S/C32H33FN2O4/c1-21(2)30-29(32(38)34-25-12-8-5-9-13-25)28(22-10-6-4-7-11-22)31(23-14-16-24(33)17-15-23)35(30)19-18-26(36)20-27(37)39-3/h4-17,21,26,36H,18-20H2,1-3H3,(H,34,38)/t26-/m1/s1/i27+2. The number of nitrogens with one attached hydrogen (secondary N) is 1. The molecule has 0 fully saturated rings. The number of carbonyl (C=O) groups is 2. The molecule has 39 heavy (non-hydrogen) atoms. The summed E-state index contributed by atoms with van der Waals surface area (Å²) in [6.07, 6.45) is -0.804. The Morgan fingerprint density at radius 2 is 1.59 bits per heavy atom. The van der Waals surface area contributed by atoms with Gasteiger partial charge in [0.1, 0.15) is 5.82 Å². The number of ether oxygens (including phenoxy) is 1. The molecular weight excluding hydrogens is 497 g/mol. The highest BCUT2D eigenvalue weighted by Crippen LogP contribution is 2.42. The third-order valence-corrected chi connectivity index (χ3v) is 6.61. The second kappa shape index (κ2) is 12.5. The van der Waals surface area contributed by atoms with Crippen LogP contribution in [0.2, 0.25) is 0 Å². The number of nitrogens with zero attached hydrogens (tertiary/aromatic N) is 1. The van der Waals surface area contributed by atoms with E-state index < -0.39 is 12.1 Å². The lowest BCUT2D eigenvalue weighted by Gasteiger charge is -2.19. The highest BCUT2D eigenvalue weighted by Gasteiger charge is 2.30. The van der Waals surface area contributed by atoms with Gasteiger partial charge in [0, 0.05) is 23.5 Å². The number of benzene rings is 3. The van der Waals surface area contributed by atoms with Crippen LogP contribution >= 0.6 is 0 Å². The summed E-state index contributed by atoms with van der Waals surface area (Å²) in [6, 6.07) is 25.1. The Morgan fingerprint density at radius 3 is 2.18 bits per heavy atom. The van der Waals surface area contributed by atoms with Crippen molar-refractivity contribution in [3.05, 3.63) is 102 Å². The second-order valence-electron chi connectivity index (χ2n) is 9.71. The lowest BCUT2D eigenvalue weighted by atomic mass is 9.94. The van der Waals surface area contributed by atoms with E-state index in [1.54, 1.807) is 12.1 Å². The monoisotopic (exact) mass is 530 g/mol. The van der Waals surface area contributed by atoms with Crippen molar-refractivity contribution in [2.45, 2.75) is 45.3 Å². The summed E-state index contributed by atoms with van der Waals surface area (Å²) in [7, 11) is 1.29. The lowest BCUT2D eigenvalue weighted by Crippen LogP contribution is -2.19. The molecule has 1 aromatic heterocycles. The van der Waals surface area contributed by atoms with Crippen molar-refractivity contribution in [1.82, 2.24) is 4.57 Å². The van der Waals surface area contributed by atoms with E-state index in [1.165, 1.54) is 19.2 Å². The summed E-state index contributed by atoms with van der Waals surface area (Å²) < 4.78 is 20.7. The lowest BCUT2D eigenvalue weighted by molar-refractivity contribution is -0.142. The largest absolute Gasteiger partial charge is 0.469 e. The molecule has 6 nitrogen and oxygen atoms in total. The minimum Gasteiger partial charge on any atom is -0.469 e. The molecule has 1 heterocycles. The molecule has 3 aromatic carbocycles. The molecule has 0 aliphatic heterocycles. The van der Waals surface area contributed by atoms with Gasteiger partial charge in [0.15, 0.2) is 0 Å². The molecule has 0 saturated heterocycles. The van der Waals surface area contributed by atoms with Crippen molar-refractivity contribution < 1.29 is 23.8 Å². The zero-order valence-corrected chi connectivity index (χ0v) is 22.4. The number of hydrogen-bond donors (Lipinski definition) is 2. The van der Waals surface area contributed by atoms with Gasteiger partial charge < -0.3 is 19.7 Å². The van der Waals surface area contributed by atoms with E-state index in [2.05, 4.69) is 5.32 Å². The first-order chi connectivity index (χ1) is 18.8. The molecule has 0 saturated carbocycles. The summed E-state index contributed by atoms with van der Waals surface area (Å²) in [6.45, 7) is 4.36. The van der Waals surface area contributed by atoms with Crippen LogP contribution in [0.5, 0.6) is 0 Å². The predicted octanol–water partition coefficient (Wildman–Crippen LogP) is 6.65. The third-order valence-electron chi connectivity index (χ3n) is 6.61. The van der Waals surface area contributed by atoms with Gasteiger partial charge in [-0.15, -0.1) is 0 Å². The molecule has 0 spiro atoms. The van der Waals surface area contributed by atoms with E-state index >= 15 is 0 Å². The molecule has 1 amide bonds. The van der Waals surface area contributed by atoms with Gasteiger partial charge in [-0.2, -0.15) is 0 Å². The van der Waals surface area contributed by atoms with Gasteiger partial charge in [-0.1, -0.05) is 62.4 Å². The van der Waals surface area contributed by atoms with Crippen LogP contribution in [0, 0.1) is 5.82 Å². The van der Waals surface area contributed by atoms with E-state index in [0.29, 0.717) is 17.8 Å². The van der Waals surface area contributed by atoms with Gasteiger partial charge in [-0.3, -0.25) is 9.59 Å². The highest BCUT2D eigenvalue weighted by atomic mass is 19.1. The fraction of sp³-hybridized carbons (Fsp3) is 0.250. The molecule has 0 radical (unpaired) electrons. The minimum absolute atomic E-state index is 0.0732. The van der Waals surface area contributed by atoms with Crippen LogP contribution < -0.4 is 5.32 Å². The zero-order chi connectivity index (χ0) is 27.9. The summed E-state index contributed by atoms with van der Waals surface area (Å²) in [5, 5.41) is 13.6. The number of halogens is 1. The Morgan fingerprint density at radius 1 is 0.974 bits per heavy atom. The summed E-state index contributed by atoms with van der Waals surface area (Å²) in [5.74, 6) is -1.19. The van der Waals surface area contributed by atoms with Crippen LogP contribution in [0.25, 0.3) is 22.4 Å². The van der Waals surface area contributed by atoms with Crippen molar-refractivity contribution in [3.63, 3.8) is 0 Å². The summed E-state index contributed by atoms with van der Waals surface area (Å²) in [5.41, 5.74) is 5.01. The number of hydrogen-bond acceptors (Lipinski definition) is 4. The Kier molecular flexibility index (Phi) is 8.94. The van der Waals surface area contributed by atoms with E-state index in [9.17, 15) is 19.1 Å². The average Bonchev–Trinajstić information content (AvgIpc) is 3.29. The first-order valence-corrected chi connectivity index (χ1v) is 13.0. The van der Waals surface area contributed by atoms with E-state index in [4.69, 9.17) is 4.74 Å². The molecule has 0 unspecified atom stereocenters. The molecule has 202 valence electrons. The predicted molar refractivity (Wildman–Crippen MR) is 151 cm³/mol. The van der Waals surface area contributed by atoms with Gasteiger partial charge in [-0.25, -0.2) is 4.39 Å². The first kappa shape index (κ1) is 27.8. The number of rotatable bonds is 10. The average molecular weight is 531 g/mol. The molecule has 4 rings (SSSR count). The Bertz CT molecular complexity index is 1410. The van der Waals surface area contributed by atoms with Gasteiger partial charge in [0.25, 0.3) is 5.91 Å². The molecule has 0 aliphatic rings. The van der Waals surface area contributed by atoms with Crippen molar-refractivity contribution in [3.8, 4) is 22.4 Å². The smallest absolute Gasteiger partial charge is 0.308 e. The van der Waals surface area contributed by atoms with Gasteiger partial charge >= 0.3 is 5.97 Å². The van der Waals surface area contributed by atoms with Gasteiger partial charge in [0.05, 0.1) is 30.9 Å². The fourth-order valence-electron chi connectivity index (χ4n) is 4.86. The molecular formula is C32H33FN2O4. The Balaban J connectivity index is 1.95. The molecule has 0 bridgehead atoms. The summed E-state index contributed by atoms with van der Waals surface area (Å²) >= 11 is 0. The number of esters is 1. The topological polar surface area (TPSA) is 80.6 Å². The molecule has 1 atom stereocenters. The number of aromatic nitrogens is 1. The van der Waals surface area contributed by atoms with Crippen molar-refractivity contribution in [2.24, 2.45) is 0 Å². The fourth-order valence-corrected chi connectivity index (χ4v) is 4.86. The zero-order valence-electron chi connectivity index (χ0n) is 22.4. The first-order valence-electron chi connectivity index (χ1n) is 13.0.